The number of hydrogen-bond acceptors (Lipinski definition) is 5. The first kappa shape index (κ1) is 22.7. The summed E-state index contributed by atoms with van der Waals surface area (Å²) in [6, 6.07) is 15.3. The zero-order valence-electron chi connectivity index (χ0n) is 19.1. The number of hydrogen-bond donors (Lipinski definition) is 1. The summed E-state index contributed by atoms with van der Waals surface area (Å²) in [7, 11) is 0. The molecule has 4 aromatic rings. The predicted molar refractivity (Wildman–Crippen MR) is 134 cm³/mol. The van der Waals surface area contributed by atoms with Gasteiger partial charge in [0.15, 0.2) is 17.3 Å². The van der Waals surface area contributed by atoms with Gasteiger partial charge in [-0.15, -0.1) is 0 Å². The second kappa shape index (κ2) is 8.92. The largest absolute Gasteiger partial charge is 0.454 e. The van der Waals surface area contributed by atoms with Crippen LogP contribution in [0.1, 0.15) is 27.0 Å². The average molecular weight is 489 g/mol. The van der Waals surface area contributed by atoms with Gasteiger partial charge in [-0.1, -0.05) is 23.7 Å². The van der Waals surface area contributed by atoms with Crippen molar-refractivity contribution in [1.29, 1.82) is 0 Å². The summed E-state index contributed by atoms with van der Waals surface area (Å²) in [5.74, 6) is 0.142. The van der Waals surface area contributed by atoms with Crippen LogP contribution in [-0.2, 0) is 11.3 Å². The van der Waals surface area contributed by atoms with Crippen molar-refractivity contribution in [2.75, 3.05) is 12.1 Å². The molecule has 0 radical (unpaired) electrons. The third-order valence-corrected chi connectivity index (χ3v) is 6.28. The summed E-state index contributed by atoms with van der Waals surface area (Å²) >= 11 is 5.92. The molecule has 0 aliphatic carbocycles. The molecule has 1 aliphatic heterocycles. The molecule has 1 amide bonds. The monoisotopic (exact) mass is 488 g/mol. The van der Waals surface area contributed by atoms with E-state index in [1.807, 2.05) is 19.9 Å². The first-order valence-corrected chi connectivity index (χ1v) is 11.3. The van der Waals surface area contributed by atoms with Crippen molar-refractivity contribution >= 4 is 39.9 Å². The third kappa shape index (κ3) is 4.38. The van der Waals surface area contributed by atoms with E-state index in [0.29, 0.717) is 33.3 Å². The smallest absolute Gasteiger partial charge is 0.244 e. The maximum atomic E-state index is 13.4. The number of ketones is 1. The van der Waals surface area contributed by atoms with Gasteiger partial charge in [-0.3, -0.25) is 14.4 Å². The Morgan fingerprint density at radius 3 is 2.40 bits per heavy atom. The van der Waals surface area contributed by atoms with Crippen molar-refractivity contribution < 1.29 is 19.1 Å². The van der Waals surface area contributed by atoms with Gasteiger partial charge in [-0.05, 0) is 61.4 Å². The van der Waals surface area contributed by atoms with Gasteiger partial charge in [0.05, 0.1) is 16.5 Å². The van der Waals surface area contributed by atoms with E-state index >= 15 is 0 Å². The molecule has 0 unspecified atom stereocenters. The molecule has 35 heavy (non-hydrogen) atoms. The number of fused-ring (bicyclic) bond motifs is 2. The number of aromatic nitrogens is 1. The summed E-state index contributed by atoms with van der Waals surface area (Å²) in [6.07, 6.45) is 1.44. The summed E-state index contributed by atoms with van der Waals surface area (Å²) in [6.45, 7) is 3.76. The number of amides is 1. The van der Waals surface area contributed by atoms with Crippen LogP contribution < -0.4 is 20.2 Å². The van der Waals surface area contributed by atoms with Crippen molar-refractivity contribution in [3.63, 3.8) is 0 Å². The lowest BCUT2D eigenvalue weighted by Crippen LogP contribution is -2.24. The Hall–Kier alpha value is -4.10. The number of halogens is 1. The van der Waals surface area contributed by atoms with Crippen molar-refractivity contribution in [2.24, 2.45) is 0 Å². The molecule has 2 heterocycles. The summed E-state index contributed by atoms with van der Waals surface area (Å²) < 4.78 is 12.5. The number of carbonyl (C=O) groups is 2. The first-order chi connectivity index (χ1) is 16.8. The van der Waals surface area contributed by atoms with Gasteiger partial charge < -0.3 is 19.4 Å². The molecular formula is C27H21ClN2O5. The maximum absolute atomic E-state index is 13.4. The standard InChI is InChI=1S/C27H21ClN2O5/c1-15-3-4-17(9-16(15)2)26(32)21-12-30(13-25(31)29-19-7-5-18(28)6-8-19)22-11-24-23(34-14-35-24)10-20(22)27(21)33/h3-12H,13-14H2,1-2H3,(H,29,31). The highest BCUT2D eigenvalue weighted by Crippen LogP contribution is 2.35. The highest BCUT2D eigenvalue weighted by atomic mass is 35.5. The maximum Gasteiger partial charge on any atom is 0.244 e. The molecule has 1 N–H and O–H groups in total. The van der Waals surface area contributed by atoms with Crippen LogP contribution in [0.3, 0.4) is 0 Å². The normalized spacial score (nSPS) is 12.1. The van der Waals surface area contributed by atoms with E-state index in [2.05, 4.69) is 5.32 Å². The van der Waals surface area contributed by atoms with Gasteiger partial charge >= 0.3 is 0 Å². The van der Waals surface area contributed by atoms with E-state index in [-0.39, 0.29) is 30.2 Å². The Morgan fingerprint density at radius 1 is 0.971 bits per heavy atom. The molecule has 176 valence electrons. The lowest BCUT2D eigenvalue weighted by Gasteiger charge is -2.14. The minimum absolute atomic E-state index is 0.0288. The van der Waals surface area contributed by atoms with Gasteiger partial charge in [0.25, 0.3) is 0 Å². The fourth-order valence-corrected chi connectivity index (χ4v) is 4.12. The number of rotatable bonds is 5. The Morgan fingerprint density at radius 2 is 1.69 bits per heavy atom. The SMILES string of the molecule is Cc1ccc(C(=O)c2cn(CC(=O)Nc3ccc(Cl)cc3)c3cc4c(cc3c2=O)OCO4)cc1C. The molecule has 7 nitrogen and oxygen atoms in total. The molecule has 1 aliphatic rings. The van der Waals surface area contributed by atoms with Crippen LogP contribution in [0.4, 0.5) is 5.69 Å². The second-order valence-corrected chi connectivity index (χ2v) is 8.84. The zero-order chi connectivity index (χ0) is 24.7. The number of anilines is 1. The van der Waals surface area contributed by atoms with Gasteiger partial charge in [0.1, 0.15) is 6.54 Å². The minimum atomic E-state index is -0.434. The molecule has 0 bridgehead atoms. The van der Waals surface area contributed by atoms with E-state index in [4.69, 9.17) is 21.1 Å². The summed E-state index contributed by atoms with van der Waals surface area (Å²) in [5, 5.41) is 3.63. The van der Waals surface area contributed by atoms with E-state index in [0.717, 1.165) is 11.1 Å². The first-order valence-electron chi connectivity index (χ1n) is 10.9. The number of benzene rings is 3. The van der Waals surface area contributed by atoms with E-state index in [1.165, 1.54) is 6.20 Å². The summed E-state index contributed by atoms with van der Waals surface area (Å²) in [4.78, 5) is 39.7. The highest BCUT2D eigenvalue weighted by molar-refractivity contribution is 6.30. The number of ether oxygens (including phenoxy) is 2. The molecule has 0 saturated heterocycles. The van der Waals surface area contributed by atoms with E-state index in [9.17, 15) is 14.4 Å². The van der Waals surface area contributed by atoms with E-state index < -0.39 is 11.2 Å². The molecule has 0 spiro atoms. The minimum Gasteiger partial charge on any atom is -0.454 e. The third-order valence-electron chi connectivity index (χ3n) is 6.03. The van der Waals surface area contributed by atoms with Crippen molar-refractivity contribution in [3.8, 4) is 11.5 Å². The van der Waals surface area contributed by atoms with Crippen LogP contribution in [0.15, 0.2) is 65.6 Å². The fraction of sp³-hybridized carbons (Fsp3) is 0.148. The van der Waals surface area contributed by atoms with Crippen molar-refractivity contribution in [3.05, 3.63) is 98.3 Å². The topological polar surface area (TPSA) is 86.6 Å². The van der Waals surface area contributed by atoms with Crippen molar-refractivity contribution in [2.45, 2.75) is 20.4 Å². The fourth-order valence-electron chi connectivity index (χ4n) is 4.00. The lowest BCUT2D eigenvalue weighted by atomic mass is 9.98. The molecule has 0 atom stereocenters. The van der Waals surface area contributed by atoms with Gasteiger partial charge in [-0.2, -0.15) is 0 Å². The lowest BCUT2D eigenvalue weighted by molar-refractivity contribution is -0.116. The Balaban J connectivity index is 1.59. The van der Waals surface area contributed by atoms with Crippen LogP contribution in [0, 0.1) is 13.8 Å². The summed E-state index contributed by atoms with van der Waals surface area (Å²) in [5.41, 5.74) is 2.97. The number of carbonyl (C=O) groups excluding carboxylic acids is 2. The zero-order valence-corrected chi connectivity index (χ0v) is 19.8. The molecular weight excluding hydrogens is 468 g/mol. The number of pyridine rings is 1. The van der Waals surface area contributed by atoms with Crippen LogP contribution in [-0.4, -0.2) is 23.1 Å². The number of aryl methyl sites for hydroxylation is 2. The molecule has 5 rings (SSSR count). The average Bonchev–Trinajstić information content (AvgIpc) is 3.30. The van der Waals surface area contributed by atoms with Crippen molar-refractivity contribution in [1.82, 2.24) is 4.57 Å². The predicted octanol–water partition coefficient (Wildman–Crippen LogP) is 4.87. The Bertz CT molecular complexity index is 1560. The van der Waals surface area contributed by atoms with Crippen LogP contribution in [0.25, 0.3) is 10.9 Å². The van der Waals surface area contributed by atoms with Gasteiger partial charge in [0, 0.05) is 28.5 Å². The molecule has 0 fully saturated rings. The number of nitrogens with one attached hydrogen (secondary N) is 1. The van der Waals surface area contributed by atoms with E-state index in [1.54, 1.807) is 53.1 Å². The number of nitrogens with zero attached hydrogens (tertiary/aromatic N) is 1. The molecule has 3 aromatic carbocycles. The Kier molecular flexibility index (Phi) is 5.78. The quantitative estimate of drug-likeness (QED) is 0.405. The van der Waals surface area contributed by atoms with Crippen LogP contribution >= 0.6 is 11.6 Å². The highest BCUT2D eigenvalue weighted by Gasteiger charge is 2.22. The Labute approximate surface area is 205 Å². The molecule has 8 heteroatoms. The second-order valence-electron chi connectivity index (χ2n) is 8.41. The van der Waals surface area contributed by atoms with Gasteiger partial charge in [0.2, 0.25) is 18.1 Å². The van der Waals surface area contributed by atoms with Crippen LogP contribution in [0.5, 0.6) is 11.5 Å². The van der Waals surface area contributed by atoms with Crippen LogP contribution in [0.2, 0.25) is 5.02 Å². The molecule has 1 aromatic heterocycles. The van der Waals surface area contributed by atoms with Gasteiger partial charge in [-0.25, -0.2) is 0 Å². The molecule has 0 saturated carbocycles.